The number of nitrogens with two attached hydrogens (primary N) is 1. The third-order valence-corrected chi connectivity index (χ3v) is 3.94. The summed E-state index contributed by atoms with van der Waals surface area (Å²) < 4.78 is 5.27. The van der Waals surface area contributed by atoms with Crippen molar-refractivity contribution >= 4 is 17.6 Å². The van der Waals surface area contributed by atoms with Crippen LogP contribution < -0.4 is 11.1 Å². The maximum atomic E-state index is 12.5. The quantitative estimate of drug-likeness (QED) is 0.811. The zero-order valence-corrected chi connectivity index (χ0v) is 14.4. The summed E-state index contributed by atoms with van der Waals surface area (Å²) in [6, 6.07) is 16.1. The minimum absolute atomic E-state index is 0.119. The molecular formula is C19H23N3O3. The van der Waals surface area contributed by atoms with Crippen molar-refractivity contribution in [2.45, 2.75) is 12.5 Å². The second-order valence-corrected chi connectivity index (χ2v) is 5.79. The number of primary amides is 1. The Hall–Kier alpha value is -2.86. The predicted molar refractivity (Wildman–Crippen MR) is 97.6 cm³/mol. The third-order valence-electron chi connectivity index (χ3n) is 3.94. The Bertz CT molecular complexity index is 719. The van der Waals surface area contributed by atoms with Crippen LogP contribution in [0, 0.1) is 0 Å². The van der Waals surface area contributed by atoms with E-state index in [-0.39, 0.29) is 12.1 Å². The molecule has 2 aromatic rings. The zero-order valence-electron chi connectivity index (χ0n) is 14.4. The number of nitrogens with zero attached hydrogens (tertiary/aromatic N) is 1. The minimum Gasteiger partial charge on any atom is -0.383 e. The number of ether oxygens (including phenoxy) is 1. The molecule has 0 saturated heterocycles. The Morgan fingerprint density at radius 2 is 1.88 bits per heavy atom. The van der Waals surface area contributed by atoms with Gasteiger partial charge in [-0.15, -0.1) is 0 Å². The molecule has 0 radical (unpaired) electrons. The number of likely N-dealkylation sites (N-methyl/N-ethyl adjacent to an activating group) is 1. The fourth-order valence-corrected chi connectivity index (χ4v) is 2.51. The van der Waals surface area contributed by atoms with Gasteiger partial charge in [-0.1, -0.05) is 36.4 Å². The van der Waals surface area contributed by atoms with Crippen molar-refractivity contribution in [1.82, 2.24) is 4.90 Å². The van der Waals surface area contributed by atoms with Crippen LogP contribution in [0.1, 0.15) is 15.9 Å². The molecule has 0 heterocycles. The standard InChI is InChI=1S/C19H23N3O3/c1-22(17(13-25-2)11-14-7-4-3-5-8-14)19(24)21-16-10-6-9-15(12-16)18(20)23/h3-10,12,17H,11,13H2,1-2H3,(H2,20,23)(H,21,24)/t17-/m0/s1. The van der Waals surface area contributed by atoms with E-state index >= 15 is 0 Å². The molecule has 0 unspecified atom stereocenters. The molecule has 0 spiro atoms. The average Bonchev–Trinajstić information content (AvgIpc) is 2.61. The molecule has 2 rings (SSSR count). The van der Waals surface area contributed by atoms with Crippen LogP contribution in [-0.2, 0) is 11.2 Å². The molecule has 0 aliphatic heterocycles. The molecule has 25 heavy (non-hydrogen) atoms. The highest BCUT2D eigenvalue weighted by Gasteiger charge is 2.20. The van der Waals surface area contributed by atoms with E-state index in [4.69, 9.17) is 10.5 Å². The number of carbonyl (C=O) groups is 2. The first-order chi connectivity index (χ1) is 12.0. The topological polar surface area (TPSA) is 84.7 Å². The van der Waals surface area contributed by atoms with Crippen molar-refractivity contribution in [1.29, 1.82) is 0 Å². The summed E-state index contributed by atoms with van der Waals surface area (Å²) in [4.78, 5) is 25.4. The van der Waals surface area contributed by atoms with Gasteiger partial charge in [0.1, 0.15) is 0 Å². The molecule has 0 bridgehead atoms. The summed E-state index contributed by atoms with van der Waals surface area (Å²) in [5, 5.41) is 2.79. The largest absolute Gasteiger partial charge is 0.383 e. The Kier molecular flexibility index (Phi) is 6.54. The number of nitrogens with one attached hydrogen (secondary N) is 1. The van der Waals surface area contributed by atoms with Gasteiger partial charge >= 0.3 is 6.03 Å². The number of carbonyl (C=O) groups excluding carboxylic acids is 2. The van der Waals surface area contributed by atoms with Crippen LogP contribution in [0.2, 0.25) is 0 Å². The fourth-order valence-electron chi connectivity index (χ4n) is 2.51. The Balaban J connectivity index is 2.07. The SMILES string of the molecule is COC[C@H](Cc1ccccc1)N(C)C(=O)Nc1cccc(C(N)=O)c1. The molecule has 1 atom stereocenters. The van der Waals surface area contributed by atoms with Crippen molar-refractivity contribution in [2.75, 3.05) is 26.1 Å². The van der Waals surface area contributed by atoms with Gasteiger partial charge in [0.2, 0.25) is 5.91 Å². The van der Waals surface area contributed by atoms with Crippen molar-refractivity contribution in [3.8, 4) is 0 Å². The van der Waals surface area contributed by atoms with Crippen LogP contribution in [0.15, 0.2) is 54.6 Å². The van der Waals surface area contributed by atoms with Crippen LogP contribution in [0.4, 0.5) is 10.5 Å². The first-order valence-electron chi connectivity index (χ1n) is 7.97. The van der Waals surface area contributed by atoms with Crippen LogP contribution in [-0.4, -0.2) is 43.6 Å². The summed E-state index contributed by atoms with van der Waals surface area (Å²) in [6.07, 6.45) is 0.680. The molecule has 6 nitrogen and oxygen atoms in total. The number of anilines is 1. The lowest BCUT2D eigenvalue weighted by atomic mass is 10.1. The van der Waals surface area contributed by atoms with E-state index in [0.717, 1.165) is 5.56 Å². The van der Waals surface area contributed by atoms with E-state index in [1.807, 2.05) is 30.3 Å². The van der Waals surface area contributed by atoms with Crippen molar-refractivity contribution in [3.05, 3.63) is 65.7 Å². The van der Waals surface area contributed by atoms with Gasteiger partial charge in [-0.05, 0) is 30.2 Å². The summed E-state index contributed by atoms with van der Waals surface area (Å²) in [5.74, 6) is -0.536. The van der Waals surface area contributed by atoms with E-state index < -0.39 is 5.91 Å². The van der Waals surface area contributed by atoms with Crippen LogP contribution in [0.25, 0.3) is 0 Å². The average molecular weight is 341 g/mol. The maximum Gasteiger partial charge on any atom is 0.321 e. The summed E-state index contributed by atoms with van der Waals surface area (Å²) in [5.41, 5.74) is 7.26. The van der Waals surface area contributed by atoms with Gasteiger partial charge in [-0.25, -0.2) is 4.79 Å². The second kappa shape index (κ2) is 8.84. The molecule has 3 amide bonds. The van der Waals surface area contributed by atoms with Crippen molar-refractivity contribution in [2.24, 2.45) is 5.73 Å². The van der Waals surface area contributed by atoms with Gasteiger partial charge in [0, 0.05) is 25.4 Å². The van der Waals surface area contributed by atoms with Crippen LogP contribution in [0.3, 0.4) is 0 Å². The Morgan fingerprint density at radius 3 is 2.52 bits per heavy atom. The summed E-state index contributed by atoms with van der Waals surface area (Å²) >= 11 is 0. The normalized spacial score (nSPS) is 11.6. The van der Waals surface area contributed by atoms with E-state index in [0.29, 0.717) is 24.3 Å². The zero-order chi connectivity index (χ0) is 18.2. The highest BCUT2D eigenvalue weighted by atomic mass is 16.5. The smallest absolute Gasteiger partial charge is 0.321 e. The number of hydrogen-bond acceptors (Lipinski definition) is 3. The molecule has 0 saturated carbocycles. The lowest BCUT2D eigenvalue weighted by Gasteiger charge is -2.28. The Morgan fingerprint density at radius 1 is 1.16 bits per heavy atom. The molecule has 132 valence electrons. The minimum atomic E-state index is -0.536. The monoisotopic (exact) mass is 341 g/mol. The van der Waals surface area contributed by atoms with E-state index in [9.17, 15) is 9.59 Å². The van der Waals surface area contributed by atoms with Gasteiger partial charge in [0.25, 0.3) is 0 Å². The van der Waals surface area contributed by atoms with Crippen LogP contribution >= 0.6 is 0 Å². The van der Waals surface area contributed by atoms with Gasteiger partial charge < -0.3 is 20.7 Å². The second-order valence-electron chi connectivity index (χ2n) is 5.79. The summed E-state index contributed by atoms with van der Waals surface area (Å²) in [6.45, 7) is 0.417. The van der Waals surface area contributed by atoms with E-state index in [1.54, 1.807) is 43.3 Å². The number of benzene rings is 2. The third kappa shape index (κ3) is 5.32. The Labute approximate surface area is 147 Å². The first-order valence-corrected chi connectivity index (χ1v) is 7.97. The predicted octanol–water partition coefficient (Wildman–Crippen LogP) is 2.51. The number of hydrogen-bond donors (Lipinski definition) is 2. The number of rotatable bonds is 7. The fraction of sp³-hybridized carbons (Fsp3) is 0.263. The molecule has 0 aromatic heterocycles. The van der Waals surface area contributed by atoms with Gasteiger partial charge in [-0.3, -0.25) is 4.79 Å². The number of urea groups is 1. The highest BCUT2D eigenvalue weighted by molar-refractivity contribution is 5.95. The molecular weight excluding hydrogens is 318 g/mol. The van der Waals surface area contributed by atoms with Gasteiger partial charge in [0.05, 0.1) is 12.6 Å². The number of methoxy groups -OCH3 is 1. The molecule has 0 aliphatic carbocycles. The maximum absolute atomic E-state index is 12.5. The van der Waals surface area contributed by atoms with Crippen LogP contribution in [0.5, 0.6) is 0 Å². The van der Waals surface area contributed by atoms with E-state index in [2.05, 4.69) is 5.32 Å². The van der Waals surface area contributed by atoms with E-state index in [1.165, 1.54) is 0 Å². The molecule has 0 fully saturated rings. The lowest BCUT2D eigenvalue weighted by molar-refractivity contribution is 0.1000. The van der Waals surface area contributed by atoms with Gasteiger partial charge in [-0.2, -0.15) is 0 Å². The molecule has 6 heteroatoms. The first kappa shape index (κ1) is 18.5. The molecule has 2 aromatic carbocycles. The molecule has 0 aliphatic rings. The molecule has 3 N–H and O–H groups in total. The van der Waals surface area contributed by atoms with Crippen molar-refractivity contribution < 1.29 is 14.3 Å². The lowest BCUT2D eigenvalue weighted by Crippen LogP contribution is -2.43. The summed E-state index contributed by atoms with van der Waals surface area (Å²) in [7, 11) is 3.33. The van der Waals surface area contributed by atoms with Crippen molar-refractivity contribution in [3.63, 3.8) is 0 Å². The van der Waals surface area contributed by atoms with Gasteiger partial charge in [0.15, 0.2) is 0 Å². The number of amides is 3. The highest BCUT2D eigenvalue weighted by Crippen LogP contribution is 2.13.